The average molecular weight is 474 g/mol. The molecule has 5 aromatic rings. The molecule has 0 aliphatic carbocycles. The highest BCUT2D eigenvalue weighted by molar-refractivity contribution is 7.80. The maximum absolute atomic E-state index is 12.8. The van der Waals surface area contributed by atoms with Crippen LogP contribution in [0.1, 0.15) is 10.4 Å². The predicted molar refractivity (Wildman–Crippen MR) is 133 cm³/mol. The first kappa shape index (κ1) is 20.7. The molecule has 0 aliphatic rings. The third-order valence-corrected chi connectivity index (χ3v) is 6.09. The van der Waals surface area contributed by atoms with E-state index in [1.54, 1.807) is 24.3 Å². The fourth-order valence-electron chi connectivity index (χ4n) is 3.39. The van der Waals surface area contributed by atoms with Crippen LogP contribution < -0.4 is 21.9 Å². The largest absolute Gasteiger partial charge is 0.333 e. The van der Waals surface area contributed by atoms with E-state index in [1.807, 2.05) is 24.3 Å². The van der Waals surface area contributed by atoms with Crippen molar-refractivity contribution in [3.63, 3.8) is 0 Å². The highest BCUT2D eigenvalue weighted by atomic mass is 32.1. The molecule has 0 spiro atoms. The zero-order valence-electron chi connectivity index (χ0n) is 16.9. The van der Waals surface area contributed by atoms with E-state index in [4.69, 9.17) is 12.2 Å². The number of thiazole rings is 1. The number of nitrogens with zero attached hydrogens (tertiary/aromatic N) is 2. The molecule has 1 amide bonds. The van der Waals surface area contributed by atoms with Gasteiger partial charge in [-0.1, -0.05) is 35.6 Å². The molecule has 0 atom stereocenters. The van der Waals surface area contributed by atoms with E-state index in [-0.39, 0.29) is 5.11 Å². The number of benzene rings is 3. The number of nitrogens with one attached hydrogen (secondary N) is 3. The van der Waals surface area contributed by atoms with Gasteiger partial charge in [-0.2, -0.15) is 0 Å². The van der Waals surface area contributed by atoms with Crippen molar-refractivity contribution in [1.29, 1.82) is 0 Å². The fraction of sp³-hybridized carbons (Fsp3) is 0. The van der Waals surface area contributed by atoms with Gasteiger partial charge in [0.25, 0.3) is 11.5 Å². The number of amides is 1. The van der Waals surface area contributed by atoms with E-state index in [9.17, 15) is 14.4 Å². The molecular weight excluding hydrogens is 458 g/mol. The van der Waals surface area contributed by atoms with Crippen LogP contribution in [0.2, 0.25) is 0 Å². The summed E-state index contributed by atoms with van der Waals surface area (Å²) in [4.78, 5) is 44.9. The van der Waals surface area contributed by atoms with Crippen LogP contribution in [0, 0.1) is 0 Å². The second kappa shape index (κ2) is 8.41. The van der Waals surface area contributed by atoms with Crippen molar-refractivity contribution in [2.75, 3.05) is 5.32 Å². The number of aromatic amines is 1. The number of rotatable bonds is 3. The maximum atomic E-state index is 12.8. The number of hydrogen-bond donors (Lipinski definition) is 3. The van der Waals surface area contributed by atoms with Crippen LogP contribution in [0.3, 0.4) is 0 Å². The van der Waals surface area contributed by atoms with E-state index in [0.717, 1.165) is 14.8 Å². The molecule has 0 saturated heterocycles. The molecule has 33 heavy (non-hydrogen) atoms. The van der Waals surface area contributed by atoms with Gasteiger partial charge in [0, 0.05) is 5.56 Å². The van der Waals surface area contributed by atoms with Gasteiger partial charge < -0.3 is 10.3 Å². The Kier molecular flexibility index (Phi) is 5.29. The van der Waals surface area contributed by atoms with Crippen molar-refractivity contribution in [2.45, 2.75) is 0 Å². The lowest BCUT2D eigenvalue weighted by Gasteiger charge is -2.09. The topological polar surface area (TPSA) is 109 Å². The summed E-state index contributed by atoms with van der Waals surface area (Å²) >= 11 is 6.66. The van der Waals surface area contributed by atoms with Gasteiger partial charge in [-0.3, -0.25) is 14.9 Å². The number of H-pyrrole nitrogens is 1. The molecule has 0 saturated carbocycles. The lowest BCUT2D eigenvalue weighted by Crippen LogP contribution is -2.34. The summed E-state index contributed by atoms with van der Waals surface area (Å²) in [6.07, 6.45) is 0. The first-order chi connectivity index (χ1) is 16.0. The minimum atomic E-state index is -0.558. The second-order valence-corrected chi connectivity index (χ2v) is 8.50. The first-order valence-electron chi connectivity index (χ1n) is 9.82. The minimum Gasteiger partial charge on any atom is -0.308 e. The minimum absolute atomic E-state index is 0.116. The van der Waals surface area contributed by atoms with Crippen LogP contribution in [0.15, 0.2) is 82.4 Å². The van der Waals surface area contributed by atoms with E-state index < -0.39 is 17.2 Å². The molecule has 0 aliphatic heterocycles. The molecule has 10 heteroatoms. The zero-order chi connectivity index (χ0) is 22.9. The van der Waals surface area contributed by atoms with Crippen LogP contribution in [0.25, 0.3) is 26.8 Å². The Bertz CT molecular complexity index is 1620. The van der Waals surface area contributed by atoms with Crippen molar-refractivity contribution >= 4 is 60.8 Å². The van der Waals surface area contributed by atoms with Crippen LogP contribution in [0.4, 0.5) is 5.13 Å². The summed E-state index contributed by atoms with van der Waals surface area (Å²) in [6.45, 7) is 0. The SMILES string of the molecule is O=C(NC(=S)Nc1nc2ccccc2s1)c1ccc(-n2c(=O)[nH]c3ccccc3c2=O)cc1. The van der Waals surface area contributed by atoms with Crippen molar-refractivity contribution < 1.29 is 4.79 Å². The molecular formula is C23H15N5O3S2. The second-order valence-electron chi connectivity index (χ2n) is 7.06. The molecule has 3 aromatic carbocycles. The molecule has 0 unspecified atom stereocenters. The van der Waals surface area contributed by atoms with Gasteiger partial charge in [-0.25, -0.2) is 14.3 Å². The van der Waals surface area contributed by atoms with E-state index in [1.165, 1.54) is 35.6 Å². The number of para-hydroxylation sites is 2. The van der Waals surface area contributed by atoms with Gasteiger partial charge in [-0.15, -0.1) is 0 Å². The highest BCUT2D eigenvalue weighted by Crippen LogP contribution is 2.25. The molecule has 162 valence electrons. The van der Waals surface area contributed by atoms with Crippen molar-refractivity contribution in [1.82, 2.24) is 19.9 Å². The summed E-state index contributed by atoms with van der Waals surface area (Å²) in [5.74, 6) is -0.431. The number of carbonyl (C=O) groups is 1. The molecule has 5 rings (SSSR count). The number of anilines is 1. The highest BCUT2D eigenvalue weighted by Gasteiger charge is 2.13. The summed E-state index contributed by atoms with van der Waals surface area (Å²) in [7, 11) is 0. The molecule has 0 fully saturated rings. The van der Waals surface area contributed by atoms with Crippen LogP contribution in [-0.4, -0.2) is 25.6 Å². The van der Waals surface area contributed by atoms with E-state index in [0.29, 0.717) is 27.3 Å². The Balaban J connectivity index is 1.33. The average Bonchev–Trinajstić information content (AvgIpc) is 3.21. The molecule has 2 aromatic heterocycles. The quantitative estimate of drug-likeness (QED) is 0.347. The third kappa shape index (κ3) is 4.04. The van der Waals surface area contributed by atoms with Gasteiger partial charge in [0.15, 0.2) is 10.2 Å². The third-order valence-electron chi connectivity index (χ3n) is 4.93. The predicted octanol–water partition coefficient (Wildman–Crippen LogP) is 3.42. The molecule has 0 bridgehead atoms. The number of aromatic nitrogens is 3. The molecule has 0 radical (unpaired) electrons. The monoisotopic (exact) mass is 473 g/mol. The van der Waals surface area contributed by atoms with Gasteiger partial charge in [-0.05, 0) is 60.7 Å². The van der Waals surface area contributed by atoms with Crippen molar-refractivity contribution in [3.8, 4) is 5.69 Å². The van der Waals surface area contributed by atoms with Gasteiger partial charge in [0.2, 0.25) is 0 Å². The standard InChI is InChI=1S/C23H15N5O3S2/c29-19(26-21(32)27-22-24-17-7-3-4-8-18(17)33-22)13-9-11-14(12-10-13)28-20(30)15-5-1-2-6-16(15)25-23(28)31/h1-12H,(H,25,31)(H2,24,26,27,29,32). The lowest BCUT2D eigenvalue weighted by molar-refractivity contribution is 0.0977. The number of carbonyl (C=O) groups excluding carboxylic acids is 1. The zero-order valence-corrected chi connectivity index (χ0v) is 18.5. The van der Waals surface area contributed by atoms with Gasteiger partial charge >= 0.3 is 5.69 Å². The van der Waals surface area contributed by atoms with Crippen LogP contribution in [-0.2, 0) is 0 Å². The van der Waals surface area contributed by atoms with Crippen molar-refractivity contribution in [2.24, 2.45) is 0 Å². The summed E-state index contributed by atoms with van der Waals surface area (Å²) < 4.78 is 2.03. The summed E-state index contributed by atoms with van der Waals surface area (Å²) in [6, 6.07) is 20.6. The Hall–Kier alpha value is -4.15. The number of fused-ring (bicyclic) bond motifs is 2. The van der Waals surface area contributed by atoms with Crippen LogP contribution >= 0.6 is 23.6 Å². The normalized spacial score (nSPS) is 10.9. The maximum Gasteiger partial charge on any atom is 0.333 e. The molecule has 8 nitrogen and oxygen atoms in total. The Morgan fingerprint density at radius 3 is 2.48 bits per heavy atom. The van der Waals surface area contributed by atoms with Gasteiger partial charge in [0.05, 0.1) is 26.8 Å². The Morgan fingerprint density at radius 2 is 1.70 bits per heavy atom. The fourth-order valence-corrected chi connectivity index (χ4v) is 4.51. The molecule has 2 heterocycles. The van der Waals surface area contributed by atoms with E-state index in [2.05, 4.69) is 20.6 Å². The van der Waals surface area contributed by atoms with E-state index >= 15 is 0 Å². The summed E-state index contributed by atoms with van der Waals surface area (Å²) in [5, 5.41) is 6.61. The Labute approximate surface area is 195 Å². The Morgan fingerprint density at radius 1 is 0.970 bits per heavy atom. The molecule has 3 N–H and O–H groups in total. The number of thiocarbonyl (C=S) groups is 1. The summed E-state index contributed by atoms with van der Waals surface area (Å²) in [5.41, 5.74) is 0.976. The van der Waals surface area contributed by atoms with Crippen LogP contribution in [0.5, 0.6) is 0 Å². The lowest BCUT2D eigenvalue weighted by atomic mass is 10.2. The first-order valence-corrected chi connectivity index (χ1v) is 11.0. The van der Waals surface area contributed by atoms with Crippen molar-refractivity contribution in [3.05, 3.63) is 99.2 Å². The number of hydrogen-bond acceptors (Lipinski definition) is 6. The smallest absolute Gasteiger partial charge is 0.308 e. The van der Waals surface area contributed by atoms with Gasteiger partial charge in [0.1, 0.15) is 0 Å².